The average Bonchev–Trinajstić information content (AvgIpc) is 3.23. The standard InChI is InChI=1S/C21H26N6.3ClH/c22-21(24-13-7-8-18-16-23-17-26-18)25-14-15-27(19-9-3-1-4-10-19)20-11-5-2-6-12-20;;;/h1-6,9-12,16-17H,7-8,13-15H2,(H,23,26)(H3,22,24,25);3*1H. The average molecular weight is 472 g/mol. The first kappa shape index (κ1) is 27.6. The predicted molar refractivity (Wildman–Crippen MR) is 133 cm³/mol. The topological polar surface area (TPSA) is 82.3 Å². The van der Waals surface area contributed by atoms with E-state index in [2.05, 4.69) is 49.4 Å². The Kier molecular flexibility index (Phi) is 14.2. The number of benzene rings is 2. The van der Waals surface area contributed by atoms with Gasteiger partial charge in [0.25, 0.3) is 0 Å². The number of hydrogen-bond donors (Lipinski definition) is 3. The number of rotatable bonds is 9. The van der Waals surface area contributed by atoms with Crippen molar-refractivity contribution in [3.8, 4) is 0 Å². The highest BCUT2D eigenvalue weighted by Crippen LogP contribution is 2.23. The summed E-state index contributed by atoms with van der Waals surface area (Å²) in [6.07, 6.45) is 5.39. The van der Waals surface area contributed by atoms with Crippen molar-refractivity contribution in [1.82, 2.24) is 15.3 Å². The van der Waals surface area contributed by atoms with E-state index in [0.29, 0.717) is 19.0 Å². The molecule has 2 aromatic carbocycles. The first-order valence-electron chi connectivity index (χ1n) is 9.21. The van der Waals surface area contributed by atoms with Gasteiger partial charge in [0, 0.05) is 42.9 Å². The lowest BCUT2D eigenvalue weighted by Gasteiger charge is -2.25. The molecule has 4 N–H and O–H groups in total. The number of nitrogens with one attached hydrogen (secondary N) is 2. The molecular formula is C21H29Cl3N6. The number of halogens is 3. The van der Waals surface area contributed by atoms with E-state index in [1.807, 2.05) is 42.6 Å². The van der Waals surface area contributed by atoms with Crippen molar-refractivity contribution in [2.45, 2.75) is 12.8 Å². The van der Waals surface area contributed by atoms with Crippen LogP contribution in [0.15, 0.2) is 78.2 Å². The lowest BCUT2D eigenvalue weighted by Crippen LogP contribution is -2.37. The molecule has 0 saturated heterocycles. The molecule has 30 heavy (non-hydrogen) atoms. The summed E-state index contributed by atoms with van der Waals surface area (Å²) in [5.41, 5.74) is 9.43. The van der Waals surface area contributed by atoms with Crippen LogP contribution in [0.3, 0.4) is 0 Å². The lowest BCUT2D eigenvalue weighted by atomic mass is 10.2. The second-order valence-corrected chi connectivity index (χ2v) is 6.20. The Balaban J connectivity index is 0.00000280. The fourth-order valence-electron chi connectivity index (χ4n) is 2.87. The molecule has 0 aliphatic rings. The molecule has 0 aliphatic heterocycles. The Morgan fingerprint density at radius 2 is 1.57 bits per heavy atom. The minimum atomic E-state index is 0. The van der Waals surface area contributed by atoms with E-state index in [1.165, 1.54) is 0 Å². The maximum atomic E-state index is 6.00. The number of H-pyrrole nitrogens is 1. The van der Waals surface area contributed by atoms with Gasteiger partial charge in [-0.1, -0.05) is 36.4 Å². The fourth-order valence-corrected chi connectivity index (χ4v) is 2.87. The van der Waals surface area contributed by atoms with Gasteiger partial charge in [0.15, 0.2) is 5.96 Å². The summed E-state index contributed by atoms with van der Waals surface area (Å²) in [4.78, 5) is 13.8. The third-order valence-corrected chi connectivity index (χ3v) is 4.22. The zero-order valence-corrected chi connectivity index (χ0v) is 19.1. The van der Waals surface area contributed by atoms with E-state index in [-0.39, 0.29) is 37.2 Å². The third-order valence-electron chi connectivity index (χ3n) is 4.22. The first-order chi connectivity index (χ1) is 13.3. The first-order valence-corrected chi connectivity index (χ1v) is 9.21. The molecule has 0 radical (unpaired) electrons. The number of aromatic nitrogens is 2. The number of imidazole rings is 1. The quantitative estimate of drug-likeness (QED) is 0.246. The monoisotopic (exact) mass is 470 g/mol. The van der Waals surface area contributed by atoms with Crippen LogP contribution < -0.4 is 16.0 Å². The van der Waals surface area contributed by atoms with Crippen molar-refractivity contribution in [3.63, 3.8) is 0 Å². The second-order valence-electron chi connectivity index (χ2n) is 6.20. The normalized spacial score (nSPS) is 10.2. The number of aliphatic imine (C=N–C) groups is 1. The van der Waals surface area contributed by atoms with Gasteiger partial charge in [0.05, 0.1) is 6.33 Å². The summed E-state index contributed by atoms with van der Waals surface area (Å²) < 4.78 is 0. The Bertz CT molecular complexity index is 774. The number of nitrogens with two attached hydrogens (primary N) is 1. The summed E-state index contributed by atoms with van der Waals surface area (Å²) in [6, 6.07) is 20.7. The number of para-hydroxylation sites is 2. The van der Waals surface area contributed by atoms with Gasteiger partial charge >= 0.3 is 0 Å². The summed E-state index contributed by atoms with van der Waals surface area (Å²) in [7, 11) is 0. The van der Waals surface area contributed by atoms with E-state index in [4.69, 9.17) is 5.73 Å². The van der Waals surface area contributed by atoms with Gasteiger partial charge in [0.2, 0.25) is 0 Å². The van der Waals surface area contributed by atoms with Gasteiger partial charge in [-0.25, -0.2) is 4.98 Å². The van der Waals surface area contributed by atoms with Crippen LogP contribution in [0.25, 0.3) is 0 Å². The van der Waals surface area contributed by atoms with Crippen molar-refractivity contribution in [2.24, 2.45) is 10.7 Å². The summed E-state index contributed by atoms with van der Waals surface area (Å²) in [5.74, 6) is 0.487. The molecule has 1 aromatic heterocycles. The van der Waals surface area contributed by atoms with Crippen molar-refractivity contribution in [3.05, 3.63) is 78.9 Å². The van der Waals surface area contributed by atoms with Gasteiger partial charge in [-0.15, -0.1) is 37.2 Å². The summed E-state index contributed by atoms with van der Waals surface area (Å²) >= 11 is 0. The molecule has 3 rings (SSSR count). The molecule has 6 nitrogen and oxygen atoms in total. The van der Waals surface area contributed by atoms with Crippen molar-refractivity contribution in [1.29, 1.82) is 0 Å². The largest absolute Gasteiger partial charge is 0.370 e. The maximum Gasteiger partial charge on any atom is 0.188 e. The van der Waals surface area contributed by atoms with Crippen LogP contribution in [0, 0.1) is 0 Å². The number of guanidine groups is 1. The number of aromatic amines is 1. The molecule has 0 aliphatic carbocycles. The molecule has 0 fully saturated rings. The zero-order chi connectivity index (χ0) is 18.7. The number of nitrogens with zero attached hydrogens (tertiary/aromatic N) is 3. The van der Waals surface area contributed by atoms with Crippen molar-refractivity contribution >= 4 is 54.6 Å². The molecule has 0 saturated carbocycles. The minimum absolute atomic E-state index is 0. The van der Waals surface area contributed by atoms with Crippen molar-refractivity contribution in [2.75, 3.05) is 24.5 Å². The van der Waals surface area contributed by atoms with Crippen LogP contribution in [-0.4, -0.2) is 35.6 Å². The third kappa shape index (κ3) is 8.95. The van der Waals surface area contributed by atoms with Gasteiger partial charge in [-0.2, -0.15) is 0 Å². The molecule has 1 heterocycles. The lowest BCUT2D eigenvalue weighted by molar-refractivity contribution is 0.795. The SMILES string of the molecule is Cl.Cl.Cl.NC(=NCCCc1cnc[nH]1)NCCN(c1ccccc1)c1ccccc1. The maximum absolute atomic E-state index is 6.00. The van der Waals surface area contributed by atoms with Crippen LogP contribution in [0.2, 0.25) is 0 Å². The molecule has 0 amide bonds. The second kappa shape index (κ2) is 15.4. The van der Waals surface area contributed by atoms with Crippen molar-refractivity contribution < 1.29 is 0 Å². The minimum Gasteiger partial charge on any atom is -0.370 e. The Hall–Kier alpha value is -2.41. The Labute approximate surface area is 196 Å². The van der Waals surface area contributed by atoms with Crippen LogP contribution in [0.5, 0.6) is 0 Å². The van der Waals surface area contributed by atoms with E-state index >= 15 is 0 Å². The van der Waals surface area contributed by atoms with E-state index in [0.717, 1.165) is 36.5 Å². The molecule has 0 atom stereocenters. The highest BCUT2D eigenvalue weighted by molar-refractivity contribution is 5.86. The van der Waals surface area contributed by atoms with Crippen LogP contribution in [-0.2, 0) is 6.42 Å². The van der Waals surface area contributed by atoms with E-state index in [9.17, 15) is 0 Å². The molecule has 0 spiro atoms. The molecule has 9 heteroatoms. The van der Waals surface area contributed by atoms with Gasteiger partial charge in [-0.05, 0) is 37.1 Å². The molecule has 0 bridgehead atoms. The highest BCUT2D eigenvalue weighted by atomic mass is 35.5. The summed E-state index contributed by atoms with van der Waals surface area (Å²) in [5, 5.41) is 3.21. The van der Waals surface area contributed by atoms with Gasteiger partial charge in [0.1, 0.15) is 0 Å². The van der Waals surface area contributed by atoms with E-state index < -0.39 is 0 Å². The van der Waals surface area contributed by atoms with Gasteiger partial charge < -0.3 is 20.9 Å². The van der Waals surface area contributed by atoms with E-state index in [1.54, 1.807) is 6.33 Å². The Morgan fingerprint density at radius 1 is 0.967 bits per heavy atom. The molecule has 0 unspecified atom stereocenters. The number of anilines is 2. The molecule has 164 valence electrons. The van der Waals surface area contributed by atoms with Crippen LogP contribution >= 0.6 is 37.2 Å². The highest BCUT2D eigenvalue weighted by Gasteiger charge is 2.08. The zero-order valence-electron chi connectivity index (χ0n) is 16.6. The van der Waals surface area contributed by atoms with Gasteiger partial charge in [-0.3, -0.25) is 4.99 Å². The fraction of sp³-hybridized carbons (Fsp3) is 0.238. The number of aryl methyl sites for hydroxylation is 1. The predicted octanol–water partition coefficient (Wildman–Crippen LogP) is 4.35. The smallest absolute Gasteiger partial charge is 0.188 e. The molecular weight excluding hydrogens is 443 g/mol. The summed E-state index contributed by atoms with van der Waals surface area (Å²) in [6.45, 7) is 2.19. The molecule has 3 aromatic rings. The van der Waals surface area contributed by atoms with Crippen LogP contribution in [0.4, 0.5) is 11.4 Å². The Morgan fingerprint density at radius 3 is 2.10 bits per heavy atom. The van der Waals surface area contributed by atoms with Crippen LogP contribution in [0.1, 0.15) is 12.1 Å². The number of hydrogen-bond acceptors (Lipinski definition) is 3.